The van der Waals surface area contributed by atoms with Crippen LogP contribution in [0.1, 0.15) is 36.4 Å². The van der Waals surface area contributed by atoms with Gasteiger partial charge in [0, 0.05) is 31.8 Å². The fourth-order valence-corrected chi connectivity index (χ4v) is 5.33. The van der Waals surface area contributed by atoms with E-state index in [1.165, 1.54) is 0 Å². The second kappa shape index (κ2) is 5.89. The Labute approximate surface area is 142 Å². The second-order valence-corrected chi connectivity index (χ2v) is 8.33. The Balaban J connectivity index is 1.71. The zero-order valence-corrected chi connectivity index (χ0v) is 14.5. The summed E-state index contributed by atoms with van der Waals surface area (Å²) in [6, 6.07) is 5.07. The first-order chi connectivity index (χ1) is 11.6. The first-order valence-electron chi connectivity index (χ1n) is 8.32. The number of hydrogen-bond donors (Lipinski definition) is 0. The van der Waals surface area contributed by atoms with Crippen LogP contribution in [0.5, 0.6) is 5.75 Å². The normalized spacial score (nSPS) is 21.5. The molecular weight excluding hydrogens is 326 g/mol. The van der Waals surface area contributed by atoms with Gasteiger partial charge < -0.3 is 4.74 Å². The van der Waals surface area contributed by atoms with E-state index >= 15 is 0 Å². The highest BCUT2D eigenvalue weighted by Gasteiger charge is 2.35. The summed E-state index contributed by atoms with van der Waals surface area (Å²) in [6.45, 7) is 1.18. The fourth-order valence-electron chi connectivity index (χ4n) is 3.60. The van der Waals surface area contributed by atoms with Gasteiger partial charge in [0.15, 0.2) is 0 Å². The van der Waals surface area contributed by atoms with Crippen LogP contribution in [0, 0.1) is 0 Å². The SMILES string of the molecule is Cn1cc([C@@H]2CCCCN2S(=O)(=O)c2ccc3c(c2)CCO3)cn1. The number of piperidine rings is 1. The maximum absolute atomic E-state index is 13.2. The number of fused-ring (bicyclic) bond motifs is 1. The summed E-state index contributed by atoms with van der Waals surface area (Å²) in [5, 5.41) is 4.21. The van der Waals surface area contributed by atoms with Crippen molar-refractivity contribution < 1.29 is 13.2 Å². The first-order valence-corrected chi connectivity index (χ1v) is 9.76. The van der Waals surface area contributed by atoms with Crippen molar-refractivity contribution in [1.82, 2.24) is 14.1 Å². The van der Waals surface area contributed by atoms with E-state index < -0.39 is 10.0 Å². The van der Waals surface area contributed by atoms with Crippen molar-refractivity contribution in [3.8, 4) is 5.75 Å². The van der Waals surface area contributed by atoms with E-state index in [1.54, 1.807) is 33.4 Å². The molecule has 0 unspecified atom stereocenters. The van der Waals surface area contributed by atoms with Crippen LogP contribution in [-0.2, 0) is 23.5 Å². The molecule has 2 aliphatic rings. The molecule has 3 heterocycles. The van der Waals surface area contributed by atoms with Crippen molar-refractivity contribution in [2.24, 2.45) is 7.05 Å². The van der Waals surface area contributed by atoms with Crippen molar-refractivity contribution >= 4 is 10.0 Å². The molecule has 2 aromatic rings. The topological polar surface area (TPSA) is 64.4 Å². The maximum atomic E-state index is 13.2. The lowest BCUT2D eigenvalue weighted by Crippen LogP contribution is -2.38. The van der Waals surface area contributed by atoms with Crippen molar-refractivity contribution in [2.75, 3.05) is 13.2 Å². The molecule has 0 amide bonds. The van der Waals surface area contributed by atoms with Gasteiger partial charge in [-0.2, -0.15) is 9.40 Å². The van der Waals surface area contributed by atoms with Crippen molar-refractivity contribution in [2.45, 2.75) is 36.6 Å². The van der Waals surface area contributed by atoms with Crippen molar-refractivity contribution in [3.05, 3.63) is 41.7 Å². The predicted octanol–water partition coefficient (Wildman–Crippen LogP) is 2.27. The van der Waals surface area contributed by atoms with Crippen LogP contribution in [0.25, 0.3) is 0 Å². The highest BCUT2D eigenvalue weighted by Crippen LogP contribution is 2.36. The number of rotatable bonds is 3. The highest BCUT2D eigenvalue weighted by molar-refractivity contribution is 7.89. The van der Waals surface area contributed by atoms with Crippen molar-refractivity contribution in [3.63, 3.8) is 0 Å². The van der Waals surface area contributed by atoms with E-state index in [0.29, 0.717) is 18.0 Å². The average Bonchev–Trinajstić information content (AvgIpc) is 3.22. The number of aryl methyl sites for hydroxylation is 1. The lowest BCUT2D eigenvalue weighted by Gasteiger charge is -2.34. The van der Waals surface area contributed by atoms with Gasteiger partial charge in [0.05, 0.1) is 23.7 Å². The molecule has 1 aromatic heterocycles. The van der Waals surface area contributed by atoms with Gasteiger partial charge in [-0.3, -0.25) is 4.68 Å². The minimum absolute atomic E-state index is 0.137. The van der Waals surface area contributed by atoms with Crippen LogP contribution in [0.4, 0.5) is 0 Å². The Bertz CT molecular complexity index is 860. The van der Waals surface area contributed by atoms with E-state index in [9.17, 15) is 8.42 Å². The van der Waals surface area contributed by atoms with Crippen LogP contribution < -0.4 is 4.74 Å². The van der Waals surface area contributed by atoms with Crippen LogP contribution in [0.15, 0.2) is 35.5 Å². The Hall–Kier alpha value is -1.86. The lowest BCUT2D eigenvalue weighted by atomic mass is 10.0. The van der Waals surface area contributed by atoms with E-state index in [4.69, 9.17) is 4.74 Å². The molecule has 0 N–H and O–H groups in total. The van der Waals surface area contributed by atoms with Gasteiger partial charge in [-0.15, -0.1) is 0 Å². The van der Waals surface area contributed by atoms with Gasteiger partial charge in [-0.1, -0.05) is 6.42 Å². The molecule has 128 valence electrons. The van der Waals surface area contributed by atoms with E-state index in [0.717, 1.165) is 42.6 Å². The summed E-state index contributed by atoms with van der Waals surface area (Å²) in [6.07, 6.45) is 7.21. The molecule has 0 radical (unpaired) electrons. The third kappa shape index (κ3) is 2.61. The summed E-state index contributed by atoms with van der Waals surface area (Å²) < 4.78 is 35.3. The molecule has 0 aliphatic carbocycles. The third-order valence-corrected chi connectivity index (χ3v) is 6.73. The van der Waals surface area contributed by atoms with E-state index in [2.05, 4.69) is 5.10 Å². The maximum Gasteiger partial charge on any atom is 0.243 e. The summed E-state index contributed by atoms with van der Waals surface area (Å²) in [5.74, 6) is 0.802. The van der Waals surface area contributed by atoms with Gasteiger partial charge in [-0.05, 0) is 36.6 Å². The molecule has 0 bridgehead atoms. The Morgan fingerprint density at radius 3 is 2.96 bits per heavy atom. The minimum atomic E-state index is -3.53. The molecule has 6 nitrogen and oxygen atoms in total. The number of hydrogen-bond acceptors (Lipinski definition) is 4. The number of aromatic nitrogens is 2. The van der Waals surface area contributed by atoms with Gasteiger partial charge >= 0.3 is 0 Å². The molecule has 1 saturated heterocycles. The Kier molecular flexibility index (Phi) is 3.85. The van der Waals surface area contributed by atoms with Crippen molar-refractivity contribution in [1.29, 1.82) is 0 Å². The second-order valence-electron chi connectivity index (χ2n) is 6.44. The standard InChI is InChI=1S/C17H21N3O3S/c1-19-12-14(11-18-19)16-4-2-3-8-20(16)24(21,22)15-5-6-17-13(10-15)7-9-23-17/h5-6,10-12,16H,2-4,7-9H2,1H3/t16-/m0/s1. The largest absolute Gasteiger partial charge is 0.493 e. The summed E-state index contributed by atoms with van der Waals surface area (Å²) in [7, 11) is -1.68. The predicted molar refractivity (Wildman–Crippen MR) is 89.3 cm³/mol. The molecular formula is C17H21N3O3S. The quantitative estimate of drug-likeness (QED) is 0.854. The zero-order valence-electron chi connectivity index (χ0n) is 13.7. The molecule has 0 saturated carbocycles. The average molecular weight is 347 g/mol. The van der Waals surface area contributed by atoms with Gasteiger partial charge in [0.25, 0.3) is 0 Å². The summed E-state index contributed by atoms with van der Waals surface area (Å²) >= 11 is 0. The summed E-state index contributed by atoms with van der Waals surface area (Å²) in [5.41, 5.74) is 1.94. The van der Waals surface area contributed by atoms with E-state index in [-0.39, 0.29) is 6.04 Å². The Morgan fingerprint density at radius 1 is 1.29 bits per heavy atom. The van der Waals surface area contributed by atoms with Gasteiger partial charge in [-0.25, -0.2) is 8.42 Å². The molecule has 24 heavy (non-hydrogen) atoms. The molecule has 7 heteroatoms. The molecule has 1 aromatic carbocycles. The third-order valence-electron chi connectivity index (χ3n) is 4.83. The van der Waals surface area contributed by atoms with Gasteiger partial charge in [0.1, 0.15) is 5.75 Å². The van der Waals surface area contributed by atoms with Crippen LogP contribution in [0.3, 0.4) is 0 Å². The first kappa shape index (κ1) is 15.7. The molecule has 1 atom stereocenters. The van der Waals surface area contributed by atoms with Gasteiger partial charge in [0.2, 0.25) is 10.0 Å². The van der Waals surface area contributed by atoms with Crippen LogP contribution >= 0.6 is 0 Å². The smallest absolute Gasteiger partial charge is 0.243 e. The zero-order chi connectivity index (χ0) is 16.7. The molecule has 0 spiro atoms. The van der Waals surface area contributed by atoms with E-state index in [1.807, 2.05) is 13.2 Å². The highest BCUT2D eigenvalue weighted by atomic mass is 32.2. The number of nitrogens with zero attached hydrogens (tertiary/aromatic N) is 3. The fraction of sp³-hybridized carbons (Fsp3) is 0.471. The Morgan fingerprint density at radius 2 is 2.17 bits per heavy atom. The number of benzene rings is 1. The molecule has 4 rings (SSSR count). The van der Waals surface area contributed by atoms with Crippen LogP contribution in [-0.4, -0.2) is 35.7 Å². The molecule has 1 fully saturated rings. The monoisotopic (exact) mass is 347 g/mol. The number of sulfonamides is 1. The number of ether oxygens (including phenoxy) is 1. The van der Waals surface area contributed by atoms with Crippen LogP contribution in [0.2, 0.25) is 0 Å². The minimum Gasteiger partial charge on any atom is -0.493 e. The lowest BCUT2D eigenvalue weighted by molar-refractivity contribution is 0.256. The molecule has 2 aliphatic heterocycles. The summed E-state index contributed by atoms with van der Waals surface area (Å²) in [4.78, 5) is 0.363.